The number of imidazole rings is 1. The summed E-state index contributed by atoms with van der Waals surface area (Å²) in [6.45, 7) is 7.75. The third-order valence-electron chi connectivity index (χ3n) is 3.71. The fourth-order valence-electron chi connectivity index (χ4n) is 2.50. The molecule has 102 valence electrons. The van der Waals surface area contributed by atoms with Crippen LogP contribution in [0.5, 0.6) is 0 Å². The van der Waals surface area contributed by atoms with Gasteiger partial charge in [0.25, 0.3) is 0 Å². The third kappa shape index (κ3) is 2.08. The van der Waals surface area contributed by atoms with Crippen LogP contribution in [-0.4, -0.2) is 27.7 Å². The number of rotatable bonds is 1. The van der Waals surface area contributed by atoms with E-state index < -0.39 is 0 Å². The molecule has 0 amide bonds. The number of pyridine rings is 1. The van der Waals surface area contributed by atoms with Crippen LogP contribution in [0.3, 0.4) is 0 Å². The molecule has 1 fully saturated rings. The molecule has 2 aromatic rings. The molecule has 0 aliphatic carbocycles. The van der Waals surface area contributed by atoms with E-state index in [2.05, 4.69) is 36.8 Å². The number of hydrogen-bond acceptors (Lipinski definition) is 3. The van der Waals surface area contributed by atoms with Crippen molar-refractivity contribution in [1.29, 1.82) is 0 Å². The molecule has 0 spiro atoms. The molecular formula is C14H19N3O2. The van der Waals surface area contributed by atoms with Gasteiger partial charge in [-0.15, -0.1) is 0 Å². The molecule has 0 bridgehead atoms. The second-order valence-electron chi connectivity index (χ2n) is 6.16. The Kier molecular flexibility index (Phi) is 2.74. The summed E-state index contributed by atoms with van der Waals surface area (Å²) >= 11 is 0. The molecule has 0 saturated carbocycles. The molecule has 3 heterocycles. The van der Waals surface area contributed by atoms with Gasteiger partial charge in [0.1, 0.15) is 0 Å². The molecule has 2 aromatic heterocycles. The molecule has 3 rings (SSSR count). The fourth-order valence-corrected chi connectivity index (χ4v) is 2.50. The number of nitrogens with zero attached hydrogens (tertiary/aromatic N) is 2. The Morgan fingerprint density at radius 1 is 1.47 bits per heavy atom. The molecule has 0 aromatic carbocycles. The highest BCUT2D eigenvalue weighted by Gasteiger charge is 2.23. The van der Waals surface area contributed by atoms with Crippen LogP contribution in [0.4, 0.5) is 0 Å². The van der Waals surface area contributed by atoms with Crippen LogP contribution in [0.1, 0.15) is 38.8 Å². The standard InChI is InChI=1S/C14H19N3O2/c1-14(2,3)9-6-11-12(15-7-9)16-13(18)17(11)10-4-5-19-8-10/h6-7,10H,4-5,8H2,1-3H3,(H,15,16,18). The maximum atomic E-state index is 12.1. The minimum absolute atomic E-state index is 0.0194. The predicted molar refractivity (Wildman–Crippen MR) is 73.5 cm³/mol. The third-order valence-corrected chi connectivity index (χ3v) is 3.71. The lowest BCUT2D eigenvalue weighted by Gasteiger charge is -2.19. The van der Waals surface area contributed by atoms with E-state index in [1.54, 1.807) is 4.57 Å². The zero-order chi connectivity index (χ0) is 13.6. The molecule has 19 heavy (non-hydrogen) atoms. The minimum atomic E-state index is -0.0935. The predicted octanol–water partition coefficient (Wildman–Crippen LogP) is 1.98. The van der Waals surface area contributed by atoms with E-state index in [1.165, 1.54) is 0 Å². The Morgan fingerprint density at radius 3 is 2.89 bits per heavy atom. The SMILES string of the molecule is CC(C)(C)c1cnc2[nH]c(=O)n(C3CCOC3)c2c1. The van der Waals surface area contributed by atoms with Gasteiger partial charge in [0, 0.05) is 12.8 Å². The molecule has 1 aliphatic rings. The topological polar surface area (TPSA) is 59.9 Å². The van der Waals surface area contributed by atoms with Crippen LogP contribution >= 0.6 is 0 Å². The van der Waals surface area contributed by atoms with Crippen LogP contribution < -0.4 is 5.69 Å². The average Bonchev–Trinajstić information content (AvgIpc) is 2.92. The second-order valence-corrected chi connectivity index (χ2v) is 6.16. The normalized spacial score (nSPS) is 20.3. The van der Waals surface area contributed by atoms with Gasteiger partial charge in [-0.1, -0.05) is 20.8 Å². The van der Waals surface area contributed by atoms with Crippen LogP contribution in [0.15, 0.2) is 17.1 Å². The Labute approximate surface area is 111 Å². The molecule has 5 heteroatoms. The Hall–Kier alpha value is -1.62. The zero-order valence-corrected chi connectivity index (χ0v) is 11.6. The van der Waals surface area contributed by atoms with Crippen LogP contribution in [0.25, 0.3) is 11.2 Å². The van der Waals surface area contributed by atoms with Crippen LogP contribution in [-0.2, 0) is 10.2 Å². The first-order valence-electron chi connectivity index (χ1n) is 6.65. The van der Waals surface area contributed by atoms with Crippen molar-refractivity contribution in [1.82, 2.24) is 14.5 Å². The Bertz CT molecular complexity index is 657. The van der Waals surface area contributed by atoms with Crippen molar-refractivity contribution in [2.24, 2.45) is 0 Å². The molecule has 1 N–H and O–H groups in total. The molecule has 1 unspecified atom stereocenters. The first kappa shape index (κ1) is 12.4. The first-order chi connectivity index (χ1) is 8.97. The largest absolute Gasteiger partial charge is 0.379 e. The van der Waals surface area contributed by atoms with Crippen molar-refractivity contribution < 1.29 is 4.74 Å². The van der Waals surface area contributed by atoms with Gasteiger partial charge in [-0.2, -0.15) is 0 Å². The van der Waals surface area contributed by atoms with Crippen LogP contribution in [0.2, 0.25) is 0 Å². The van der Waals surface area contributed by atoms with E-state index in [0.717, 1.165) is 24.1 Å². The van der Waals surface area contributed by atoms with Crippen molar-refractivity contribution in [3.05, 3.63) is 28.3 Å². The Balaban J connectivity index is 2.20. The Morgan fingerprint density at radius 2 is 2.26 bits per heavy atom. The van der Waals surface area contributed by atoms with Gasteiger partial charge < -0.3 is 4.74 Å². The molecule has 1 saturated heterocycles. The highest BCUT2D eigenvalue weighted by Crippen LogP contribution is 2.26. The van der Waals surface area contributed by atoms with Crippen LogP contribution in [0, 0.1) is 0 Å². The number of ether oxygens (including phenoxy) is 1. The number of fused-ring (bicyclic) bond motifs is 1. The summed E-state index contributed by atoms with van der Waals surface area (Å²) < 4.78 is 7.18. The summed E-state index contributed by atoms with van der Waals surface area (Å²) in [7, 11) is 0. The van der Waals surface area contributed by atoms with E-state index in [-0.39, 0.29) is 17.1 Å². The summed E-state index contributed by atoms with van der Waals surface area (Å²) in [5.41, 5.74) is 2.60. The molecular weight excluding hydrogens is 242 g/mol. The lowest BCUT2D eigenvalue weighted by molar-refractivity contribution is 0.186. The summed E-state index contributed by atoms with van der Waals surface area (Å²) in [5, 5.41) is 0. The van der Waals surface area contributed by atoms with Gasteiger partial charge in [-0.25, -0.2) is 9.78 Å². The lowest BCUT2D eigenvalue weighted by Crippen LogP contribution is -2.22. The summed E-state index contributed by atoms with van der Waals surface area (Å²) in [6, 6.07) is 2.19. The number of aromatic amines is 1. The van der Waals surface area contributed by atoms with Crippen molar-refractivity contribution in [3.63, 3.8) is 0 Å². The van der Waals surface area contributed by atoms with Gasteiger partial charge in [0.15, 0.2) is 5.65 Å². The number of H-pyrrole nitrogens is 1. The van der Waals surface area contributed by atoms with Gasteiger partial charge in [0.2, 0.25) is 0 Å². The van der Waals surface area contributed by atoms with Gasteiger partial charge >= 0.3 is 5.69 Å². The molecule has 5 nitrogen and oxygen atoms in total. The summed E-state index contributed by atoms with van der Waals surface area (Å²) in [4.78, 5) is 19.3. The monoisotopic (exact) mass is 261 g/mol. The molecule has 0 radical (unpaired) electrons. The van der Waals surface area contributed by atoms with Gasteiger partial charge in [-0.05, 0) is 23.5 Å². The van der Waals surface area contributed by atoms with E-state index in [9.17, 15) is 4.79 Å². The molecule has 1 atom stereocenters. The summed E-state index contributed by atoms with van der Waals surface area (Å²) in [6.07, 6.45) is 2.72. The van der Waals surface area contributed by atoms with E-state index in [4.69, 9.17) is 4.74 Å². The van der Waals surface area contributed by atoms with Crippen molar-refractivity contribution >= 4 is 11.2 Å². The maximum Gasteiger partial charge on any atom is 0.328 e. The summed E-state index contributed by atoms with van der Waals surface area (Å²) in [5.74, 6) is 0. The van der Waals surface area contributed by atoms with E-state index in [0.29, 0.717) is 12.3 Å². The lowest BCUT2D eigenvalue weighted by atomic mass is 9.88. The van der Waals surface area contributed by atoms with Crippen molar-refractivity contribution in [2.75, 3.05) is 13.2 Å². The number of hydrogen-bond donors (Lipinski definition) is 1. The average molecular weight is 261 g/mol. The zero-order valence-electron chi connectivity index (χ0n) is 11.6. The first-order valence-corrected chi connectivity index (χ1v) is 6.65. The van der Waals surface area contributed by atoms with E-state index >= 15 is 0 Å². The maximum absolute atomic E-state index is 12.1. The van der Waals surface area contributed by atoms with Gasteiger partial charge in [-0.3, -0.25) is 9.55 Å². The van der Waals surface area contributed by atoms with Crippen molar-refractivity contribution in [3.8, 4) is 0 Å². The highest BCUT2D eigenvalue weighted by molar-refractivity contribution is 5.72. The van der Waals surface area contributed by atoms with Crippen molar-refractivity contribution in [2.45, 2.75) is 38.6 Å². The smallest absolute Gasteiger partial charge is 0.328 e. The van der Waals surface area contributed by atoms with E-state index in [1.807, 2.05) is 6.20 Å². The van der Waals surface area contributed by atoms with Gasteiger partial charge in [0.05, 0.1) is 18.2 Å². The molecule has 1 aliphatic heterocycles. The highest BCUT2D eigenvalue weighted by atomic mass is 16.5. The number of aromatic nitrogens is 3. The quantitative estimate of drug-likeness (QED) is 0.854. The minimum Gasteiger partial charge on any atom is -0.379 e. The fraction of sp³-hybridized carbons (Fsp3) is 0.571. The second kappa shape index (κ2) is 4.20. The number of nitrogens with one attached hydrogen (secondary N) is 1.